The number of benzene rings is 1. The predicted octanol–water partition coefficient (Wildman–Crippen LogP) is 4.56. The molecule has 0 aliphatic heterocycles. The van der Waals surface area contributed by atoms with E-state index in [9.17, 15) is 4.79 Å². The third-order valence-corrected chi connectivity index (χ3v) is 4.40. The van der Waals surface area contributed by atoms with Crippen molar-refractivity contribution < 1.29 is 9.53 Å². The van der Waals surface area contributed by atoms with Gasteiger partial charge in [0.2, 0.25) is 0 Å². The third kappa shape index (κ3) is 3.50. The van der Waals surface area contributed by atoms with Crippen molar-refractivity contribution in [2.45, 2.75) is 45.4 Å². The first kappa shape index (κ1) is 14.4. The molecule has 1 fully saturated rings. The second-order valence-electron chi connectivity index (χ2n) is 5.42. The second kappa shape index (κ2) is 6.42. The summed E-state index contributed by atoms with van der Waals surface area (Å²) >= 11 is 6.11. The lowest BCUT2D eigenvalue weighted by molar-refractivity contribution is 0.0600. The summed E-state index contributed by atoms with van der Waals surface area (Å²) in [5.74, 6) is 0.544. The lowest BCUT2D eigenvalue weighted by Crippen LogP contribution is -2.07. The van der Waals surface area contributed by atoms with Crippen molar-refractivity contribution in [2.75, 3.05) is 7.11 Å². The van der Waals surface area contributed by atoms with Crippen molar-refractivity contribution >= 4 is 17.6 Å². The Morgan fingerprint density at radius 2 is 2.05 bits per heavy atom. The summed E-state index contributed by atoms with van der Waals surface area (Å²) in [6.45, 7) is 1.98. The Bertz CT molecular complexity index is 462. The van der Waals surface area contributed by atoms with Crippen molar-refractivity contribution in [1.82, 2.24) is 0 Å². The van der Waals surface area contributed by atoms with Crippen molar-refractivity contribution in [1.29, 1.82) is 0 Å². The summed E-state index contributed by atoms with van der Waals surface area (Å²) in [6, 6.07) is 3.68. The summed E-state index contributed by atoms with van der Waals surface area (Å²) < 4.78 is 4.81. The summed E-state index contributed by atoms with van der Waals surface area (Å²) in [4.78, 5) is 11.7. The monoisotopic (exact) mass is 280 g/mol. The maximum atomic E-state index is 11.7. The van der Waals surface area contributed by atoms with Crippen LogP contribution in [0.4, 0.5) is 0 Å². The number of esters is 1. The van der Waals surface area contributed by atoms with E-state index in [-0.39, 0.29) is 5.97 Å². The Labute approximate surface area is 120 Å². The summed E-state index contributed by atoms with van der Waals surface area (Å²) in [5.41, 5.74) is 2.78. The van der Waals surface area contributed by atoms with Gasteiger partial charge in [0, 0.05) is 5.02 Å². The number of carbonyl (C=O) groups is 1. The molecule has 0 N–H and O–H groups in total. The van der Waals surface area contributed by atoms with E-state index in [0.717, 1.165) is 17.9 Å². The maximum absolute atomic E-state index is 11.7. The van der Waals surface area contributed by atoms with E-state index >= 15 is 0 Å². The zero-order valence-corrected chi connectivity index (χ0v) is 12.4. The maximum Gasteiger partial charge on any atom is 0.338 e. The minimum Gasteiger partial charge on any atom is -0.465 e. The minimum atomic E-state index is -0.304. The van der Waals surface area contributed by atoms with Gasteiger partial charge in [-0.2, -0.15) is 0 Å². The molecule has 1 aliphatic rings. The van der Waals surface area contributed by atoms with E-state index in [0.29, 0.717) is 10.6 Å². The Balaban J connectivity index is 2.14. The highest BCUT2D eigenvalue weighted by molar-refractivity contribution is 6.31. The van der Waals surface area contributed by atoms with E-state index in [4.69, 9.17) is 16.3 Å². The zero-order chi connectivity index (χ0) is 13.8. The number of hydrogen-bond acceptors (Lipinski definition) is 2. The second-order valence-corrected chi connectivity index (χ2v) is 5.85. The molecule has 2 rings (SSSR count). The fourth-order valence-corrected chi connectivity index (χ4v) is 3.22. The van der Waals surface area contributed by atoms with Crippen LogP contribution >= 0.6 is 11.6 Å². The van der Waals surface area contributed by atoms with Crippen LogP contribution in [0.15, 0.2) is 12.1 Å². The Morgan fingerprint density at radius 1 is 1.37 bits per heavy atom. The van der Waals surface area contributed by atoms with E-state index in [2.05, 4.69) is 0 Å². The van der Waals surface area contributed by atoms with Crippen molar-refractivity contribution in [2.24, 2.45) is 5.92 Å². The van der Waals surface area contributed by atoms with Crippen LogP contribution in [-0.4, -0.2) is 13.1 Å². The molecule has 104 valence electrons. The van der Waals surface area contributed by atoms with Gasteiger partial charge in [-0.05, 0) is 48.9 Å². The van der Waals surface area contributed by atoms with Crippen molar-refractivity contribution in [3.63, 3.8) is 0 Å². The molecule has 0 radical (unpaired) electrons. The average Bonchev–Trinajstić information content (AvgIpc) is 2.91. The number of hydrogen-bond donors (Lipinski definition) is 0. The van der Waals surface area contributed by atoms with Gasteiger partial charge in [-0.1, -0.05) is 37.3 Å². The molecule has 1 saturated carbocycles. The number of halogens is 1. The van der Waals surface area contributed by atoms with Gasteiger partial charge >= 0.3 is 5.97 Å². The highest BCUT2D eigenvalue weighted by Gasteiger charge is 2.17. The number of methoxy groups -OCH3 is 1. The molecular weight excluding hydrogens is 260 g/mol. The molecule has 0 saturated heterocycles. The molecule has 0 heterocycles. The van der Waals surface area contributed by atoms with E-state index in [1.165, 1.54) is 44.8 Å². The minimum absolute atomic E-state index is 0.304. The van der Waals surface area contributed by atoms with Gasteiger partial charge in [0.15, 0.2) is 0 Å². The molecule has 2 nitrogen and oxygen atoms in total. The van der Waals surface area contributed by atoms with Gasteiger partial charge in [-0.3, -0.25) is 0 Å². The molecule has 1 aromatic rings. The Morgan fingerprint density at radius 3 is 2.68 bits per heavy atom. The predicted molar refractivity (Wildman–Crippen MR) is 77.8 cm³/mol. The van der Waals surface area contributed by atoms with Crippen molar-refractivity contribution in [3.8, 4) is 0 Å². The van der Waals surface area contributed by atoms with Crippen LogP contribution in [0, 0.1) is 12.8 Å². The Hall–Kier alpha value is -1.02. The molecular formula is C16H21ClO2. The molecule has 0 aromatic heterocycles. The number of aryl methyl sites for hydroxylation is 1. The van der Waals surface area contributed by atoms with Gasteiger partial charge in [0.05, 0.1) is 12.7 Å². The lowest BCUT2D eigenvalue weighted by Gasteiger charge is -2.13. The summed E-state index contributed by atoms with van der Waals surface area (Å²) in [5, 5.41) is 0.618. The fourth-order valence-electron chi connectivity index (χ4n) is 2.98. The number of ether oxygens (including phenoxy) is 1. The lowest BCUT2D eigenvalue weighted by atomic mass is 9.94. The quantitative estimate of drug-likeness (QED) is 0.756. The average molecular weight is 281 g/mol. The Kier molecular flexibility index (Phi) is 4.87. The van der Waals surface area contributed by atoms with Crippen LogP contribution in [0.5, 0.6) is 0 Å². The fraction of sp³-hybridized carbons (Fsp3) is 0.562. The molecule has 0 atom stereocenters. The van der Waals surface area contributed by atoms with Crippen LogP contribution in [0.2, 0.25) is 5.02 Å². The highest BCUT2D eigenvalue weighted by Crippen LogP contribution is 2.30. The zero-order valence-electron chi connectivity index (χ0n) is 11.7. The third-order valence-electron chi connectivity index (χ3n) is 4.18. The van der Waals surface area contributed by atoms with Gasteiger partial charge in [-0.25, -0.2) is 4.79 Å². The topological polar surface area (TPSA) is 26.3 Å². The smallest absolute Gasteiger partial charge is 0.338 e. The molecule has 3 heteroatoms. The van der Waals surface area contributed by atoms with Gasteiger partial charge in [0.25, 0.3) is 0 Å². The normalized spacial score (nSPS) is 15.7. The molecule has 0 amide bonds. The molecule has 0 bridgehead atoms. The highest BCUT2D eigenvalue weighted by atomic mass is 35.5. The van der Waals surface area contributed by atoms with E-state index < -0.39 is 0 Å². The largest absolute Gasteiger partial charge is 0.465 e. The molecule has 19 heavy (non-hydrogen) atoms. The molecule has 0 spiro atoms. The SMILES string of the molecule is COC(=O)c1cc(Cl)cc(CCC2CCCC2)c1C. The standard InChI is InChI=1S/C16H21ClO2/c1-11-13(8-7-12-5-3-4-6-12)9-14(17)10-15(11)16(18)19-2/h9-10,12H,3-8H2,1-2H3. The van der Waals surface area contributed by atoms with Crippen LogP contribution in [0.3, 0.4) is 0 Å². The van der Waals surface area contributed by atoms with Crippen LogP contribution in [0.1, 0.15) is 53.6 Å². The van der Waals surface area contributed by atoms with Crippen LogP contribution in [-0.2, 0) is 11.2 Å². The first-order chi connectivity index (χ1) is 9.11. The summed E-state index contributed by atoms with van der Waals surface area (Å²) in [7, 11) is 1.40. The molecule has 0 unspecified atom stereocenters. The number of rotatable bonds is 4. The van der Waals surface area contributed by atoms with Crippen LogP contribution < -0.4 is 0 Å². The van der Waals surface area contributed by atoms with Crippen molar-refractivity contribution in [3.05, 3.63) is 33.8 Å². The first-order valence-electron chi connectivity index (χ1n) is 6.99. The van der Waals surface area contributed by atoms with Gasteiger partial charge in [0.1, 0.15) is 0 Å². The van der Waals surface area contributed by atoms with E-state index in [1.807, 2.05) is 13.0 Å². The summed E-state index contributed by atoms with van der Waals surface area (Å²) in [6.07, 6.45) is 7.63. The van der Waals surface area contributed by atoms with E-state index in [1.54, 1.807) is 6.07 Å². The van der Waals surface area contributed by atoms with Crippen LogP contribution in [0.25, 0.3) is 0 Å². The first-order valence-corrected chi connectivity index (χ1v) is 7.37. The molecule has 1 aliphatic carbocycles. The van der Waals surface area contributed by atoms with Gasteiger partial charge < -0.3 is 4.74 Å². The molecule has 1 aromatic carbocycles. The number of carbonyl (C=O) groups excluding carboxylic acids is 1. The van der Waals surface area contributed by atoms with Gasteiger partial charge in [-0.15, -0.1) is 0 Å².